The molecule has 1 aromatic heterocycles. The molecule has 19 heavy (non-hydrogen) atoms. The van der Waals surface area contributed by atoms with E-state index >= 15 is 0 Å². The number of nitrogens with zero attached hydrogens (tertiary/aromatic N) is 2. The van der Waals surface area contributed by atoms with E-state index in [-0.39, 0.29) is 11.5 Å². The predicted octanol–water partition coefficient (Wildman–Crippen LogP) is -0.565. The number of carbonyl (C=O) groups excluding carboxylic acids is 1. The third kappa shape index (κ3) is 3.76. The minimum Gasteiger partial charge on any atom is -0.475 e. The van der Waals surface area contributed by atoms with Gasteiger partial charge < -0.3 is 19.7 Å². The van der Waals surface area contributed by atoms with E-state index in [2.05, 4.69) is 19.9 Å². The molecule has 0 unspecified atom stereocenters. The van der Waals surface area contributed by atoms with E-state index in [9.17, 15) is 9.59 Å². The highest BCUT2D eigenvalue weighted by molar-refractivity contribution is 5.94. The summed E-state index contributed by atoms with van der Waals surface area (Å²) in [6.07, 6.45) is 0. The zero-order chi connectivity index (χ0) is 13.7. The number of nitrogens with one attached hydrogen (secondary N) is 1. The predicted molar refractivity (Wildman–Crippen MR) is 63.1 cm³/mol. The van der Waals surface area contributed by atoms with Crippen LogP contribution in [-0.2, 0) is 4.74 Å². The van der Waals surface area contributed by atoms with E-state index < -0.39 is 11.9 Å². The van der Waals surface area contributed by atoms with Crippen molar-refractivity contribution < 1.29 is 24.0 Å². The highest BCUT2D eigenvalue weighted by atomic mass is 16.5. The third-order valence-electron chi connectivity index (χ3n) is 2.77. The van der Waals surface area contributed by atoms with Crippen LogP contribution >= 0.6 is 0 Å². The first-order chi connectivity index (χ1) is 9.16. The summed E-state index contributed by atoms with van der Waals surface area (Å²) in [5, 5.41) is 14.7. The molecule has 8 heteroatoms. The van der Waals surface area contributed by atoms with E-state index in [4.69, 9.17) is 9.84 Å². The lowest BCUT2D eigenvalue weighted by Gasteiger charge is -2.26. The second-order valence-corrected chi connectivity index (χ2v) is 4.09. The number of aromatic carboxylic acids is 1. The Morgan fingerprint density at radius 1 is 1.42 bits per heavy atom. The lowest BCUT2D eigenvalue weighted by atomic mass is 10.3. The topological polar surface area (TPSA) is 105 Å². The first-order valence-electron chi connectivity index (χ1n) is 5.95. The van der Waals surface area contributed by atoms with Gasteiger partial charge >= 0.3 is 5.97 Å². The summed E-state index contributed by atoms with van der Waals surface area (Å²) < 4.78 is 9.72. The van der Waals surface area contributed by atoms with Gasteiger partial charge in [-0.25, -0.2) is 4.79 Å². The first kappa shape index (κ1) is 13.5. The fourth-order valence-corrected chi connectivity index (χ4v) is 1.73. The van der Waals surface area contributed by atoms with Crippen LogP contribution in [0, 0.1) is 0 Å². The summed E-state index contributed by atoms with van der Waals surface area (Å²) in [5.41, 5.74) is -0.0284. The Bertz CT molecular complexity index is 453. The molecule has 2 heterocycles. The standard InChI is InChI=1S/C11H15N3O5/c15-10(8-7-9(11(16)17)19-13-8)12-1-2-14-3-5-18-6-4-14/h7H,1-6H2,(H,12,15)(H,16,17). The smallest absolute Gasteiger partial charge is 0.374 e. The molecule has 0 spiro atoms. The Balaban J connectivity index is 1.75. The summed E-state index contributed by atoms with van der Waals surface area (Å²) in [5.74, 6) is -2.04. The molecule has 0 aromatic carbocycles. The van der Waals surface area contributed by atoms with Crippen molar-refractivity contribution in [2.75, 3.05) is 39.4 Å². The SMILES string of the molecule is O=C(NCCN1CCOCC1)c1cc(C(=O)O)on1. The molecular formula is C11H15N3O5. The van der Waals surface area contributed by atoms with Gasteiger partial charge in [-0.3, -0.25) is 9.69 Å². The number of hydrogen-bond donors (Lipinski definition) is 2. The van der Waals surface area contributed by atoms with Crippen molar-refractivity contribution in [3.63, 3.8) is 0 Å². The van der Waals surface area contributed by atoms with Gasteiger partial charge in [-0.1, -0.05) is 5.16 Å². The molecule has 1 fully saturated rings. The number of ether oxygens (including phenoxy) is 1. The average molecular weight is 269 g/mol. The van der Waals surface area contributed by atoms with E-state index in [0.717, 1.165) is 25.7 Å². The van der Waals surface area contributed by atoms with Gasteiger partial charge in [0.15, 0.2) is 5.69 Å². The molecule has 0 bridgehead atoms. The number of carboxylic acid groups (broad SMARTS) is 1. The third-order valence-corrected chi connectivity index (χ3v) is 2.77. The highest BCUT2D eigenvalue weighted by Gasteiger charge is 2.16. The summed E-state index contributed by atoms with van der Waals surface area (Å²) in [7, 11) is 0. The van der Waals surface area contributed by atoms with Crippen LogP contribution in [0.25, 0.3) is 0 Å². The normalized spacial score (nSPS) is 16.2. The quantitative estimate of drug-likeness (QED) is 0.737. The summed E-state index contributed by atoms with van der Waals surface area (Å²) in [6, 6.07) is 1.10. The van der Waals surface area contributed by atoms with Crippen molar-refractivity contribution in [3.05, 3.63) is 17.5 Å². The van der Waals surface area contributed by atoms with Crippen LogP contribution in [0.2, 0.25) is 0 Å². The fraction of sp³-hybridized carbons (Fsp3) is 0.545. The lowest BCUT2D eigenvalue weighted by molar-refractivity contribution is 0.0383. The molecular weight excluding hydrogens is 254 g/mol. The maximum absolute atomic E-state index is 11.7. The van der Waals surface area contributed by atoms with Gasteiger partial charge in [-0.05, 0) is 0 Å². The van der Waals surface area contributed by atoms with Gasteiger partial charge in [0.1, 0.15) is 0 Å². The van der Waals surface area contributed by atoms with Crippen LogP contribution in [0.1, 0.15) is 21.0 Å². The number of hydrogen-bond acceptors (Lipinski definition) is 6. The van der Waals surface area contributed by atoms with E-state index in [1.165, 1.54) is 0 Å². The van der Waals surface area contributed by atoms with Gasteiger partial charge in [0.05, 0.1) is 13.2 Å². The van der Waals surface area contributed by atoms with Gasteiger partial charge in [-0.15, -0.1) is 0 Å². The molecule has 1 aromatic rings. The Hall–Kier alpha value is -1.93. The molecule has 1 amide bonds. The largest absolute Gasteiger partial charge is 0.475 e. The first-order valence-corrected chi connectivity index (χ1v) is 5.95. The number of aromatic nitrogens is 1. The van der Waals surface area contributed by atoms with Crippen molar-refractivity contribution in [1.82, 2.24) is 15.4 Å². The number of morpholine rings is 1. The molecule has 0 aliphatic carbocycles. The zero-order valence-electron chi connectivity index (χ0n) is 10.3. The van der Waals surface area contributed by atoms with Crippen molar-refractivity contribution >= 4 is 11.9 Å². The molecule has 1 aliphatic heterocycles. The monoisotopic (exact) mass is 269 g/mol. The minimum atomic E-state index is -1.25. The molecule has 0 saturated carbocycles. The van der Waals surface area contributed by atoms with Crippen LogP contribution in [0.3, 0.4) is 0 Å². The fourth-order valence-electron chi connectivity index (χ4n) is 1.73. The van der Waals surface area contributed by atoms with Crippen molar-refractivity contribution in [1.29, 1.82) is 0 Å². The molecule has 8 nitrogen and oxygen atoms in total. The Labute approximate surface area is 109 Å². The minimum absolute atomic E-state index is 0.0284. The maximum atomic E-state index is 11.7. The average Bonchev–Trinajstić information content (AvgIpc) is 2.89. The molecule has 104 valence electrons. The number of amides is 1. The van der Waals surface area contributed by atoms with Crippen molar-refractivity contribution in [2.45, 2.75) is 0 Å². The summed E-state index contributed by atoms with van der Waals surface area (Å²) in [4.78, 5) is 24.4. The number of carboxylic acids is 1. The molecule has 1 aliphatic rings. The summed E-state index contributed by atoms with van der Waals surface area (Å²) >= 11 is 0. The van der Waals surface area contributed by atoms with Gasteiger partial charge in [0.2, 0.25) is 5.76 Å². The van der Waals surface area contributed by atoms with Crippen molar-refractivity contribution in [3.8, 4) is 0 Å². The Kier molecular flexibility index (Phi) is 4.48. The lowest BCUT2D eigenvalue weighted by Crippen LogP contribution is -2.41. The van der Waals surface area contributed by atoms with E-state index in [1.54, 1.807) is 0 Å². The highest BCUT2D eigenvalue weighted by Crippen LogP contribution is 2.03. The zero-order valence-corrected chi connectivity index (χ0v) is 10.3. The molecule has 1 saturated heterocycles. The Morgan fingerprint density at radius 3 is 2.79 bits per heavy atom. The summed E-state index contributed by atoms with van der Waals surface area (Å²) in [6.45, 7) is 4.30. The van der Waals surface area contributed by atoms with Crippen LogP contribution in [0.5, 0.6) is 0 Å². The Morgan fingerprint density at radius 2 is 2.16 bits per heavy atom. The van der Waals surface area contributed by atoms with Gasteiger partial charge in [0, 0.05) is 32.2 Å². The van der Waals surface area contributed by atoms with Crippen molar-refractivity contribution in [2.24, 2.45) is 0 Å². The molecule has 2 N–H and O–H groups in total. The second-order valence-electron chi connectivity index (χ2n) is 4.09. The number of rotatable bonds is 5. The molecule has 0 radical (unpaired) electrons. The van der Waals surface area contributed by atoms with Crippen LogP contribution in [0.15, 0.2) is 10.6 Å². The van der Waals surface area contributed by atoms with Crippen LogP contribution < -0.4 is 5.32 Å². The molecule has 2 rings (SSSR count). The van der Waals surface area contributed by atoms with Gasteiger partial charge in [0.25, 0.3) is 5.91 Å². The second kappa shape index (κ2) is 6.30. The molecule has 0 atom stereocenters. The maximum Gasteiger partial charge on any atom is 0.374 e. The van der Waals surface area contributed by atoms with Crippen LogP contribution in [0.4, 0.5) is 0 Å². The van der Waals surface area contributed by atoms with E-state index in [1.807, 2.05) is 0 Å². The number of carbonyl (C=O) groups is 2. The van der Waals surface area contributed by atoms with E-state index in [0.29, 0.717) is 19.8 Å². The van der Waals surface area contributed by atoms with Gasteiger partial charge in [-0.2, -0.15) is 0 Å². The van der Waals surface area contributed by atoms with Crippen LogP contribution in [-0.4, -0.2) is 66.4 Å².